The van der Waals surface area contributed by atoms with Crippen molar-refractivity contribution in [2.24, 2.45) is 0 Å². The molecule has 0 atom stereocenters. The Bertz CT molecular complexity index is 788. The molecule has 1 heterocycles. The molecule has 3 rings (SSSR count). The van der Waals surface area contributed by atoms with Gasteiger partial charge < -0.3 is 0 Å². The van der Waals surface area contributed by atoms with Crippen molar-refractivity contribution < 1.29 is 4.39 Å². The maximum absolute atomic E-state index is 14.4. The third-order valence-corrected chi connectivity index (χ3v) is 3.80. The summed E-state index contributed by atoms with van der Waals surface area (Å²) in [5, 5.41) is 0. The van der Waals surface area contributed by atoms with E-state index in [2.05, 4.69) is 4.98 Å². The molecule has 0 saturated carbocycles. The topological polar surface area (TPSA) is 17.8 Å². The van der Waals surface area contributed by atoms with Crippen molar-refractivity contribution in [2.75, 3.05) is 5.88 Å². The highest BCUT2D eigenvalue weighted by atomic mass is 35.5. The number of imidazole rings is 1. The van der Waals surface area contributed by atoms with Crippen LogP contribution in [0.3, 0.4) is 0 Å². The Hall–Kier alpha value is -1.87. The van der Waals surface area contributed by atoms with Gasteiger partial charge in [-0.2, -0.15) is 0 Å². The number of benzene rings is 2. The molecule has 0 aliphatic rings. The maximum atomic E-state index is 14.4. The van der Waals surface area contributed by atoms with Gasteiger partial charge in [-0.25, -0.2) is 9.37 Å². The first kappa shape index (κ1) is 14.1. The first-order valence-electron chi connectivity index (χ1n) is 6.91. The Balaban J connectivity index is 2.38. The van der Waals surface area contributed by atoms with E-state index in [-0.39, 0.29) is 5.82 Å². The predicted octanol–water partition coefficient (Wildman–Crippen LogP) is 4.56. The molecule has 0 bridgehead atoms. The first-order valence-corrected chi connectivity index (χ1v) is 7.44. The number of alkyl halides is 1. The third-order valence-electron chi connectivity index (χ3n) is 3.61. The molecule has 0 N–H and O–H groups in total. The number of aromatic nitrogens is 2. The summed E-state index contributed by atoms with van der Waals surface area (Å²) in [4.78, 5) is 4.61. The Kier molecular flexibility index (Phi) is 3.68. The van der Waals surface area contributed by atoms with Crippen LogP contribution in [0.5, 0.6) is 0 Å². The number of hydrogen-bond donors (Lipinski definition) is 0. The fourth-order valence-corrected chi connectivity index (χ4v) is 2.81. The molecule has 108 valence electrons. The van der Waals surface area contributed by atoms with Crippen molar-refractivity contribution in [1.29, 1.82) is 0 Å². The number of nitrogens with zero attached hydrogens (tertiary/aromatic N) is 2. The van der Waals surface area contributed by atoms with Crippen molar-refractivity contribution in [3.8, 4) is 5.69 Å². The second-order valence-electron chi connectivity index (χ2n) is 5.20. The molecule has 0 amide bonds. The fraction of sp³-hybridized carbons (Fsp3) is 0.235. The average Bonchev–Trinajstić information content (AvgIpc) is 2.77. The largest absolute Gasteiger partial charge is 0.293 e. The molecular weight excluding hydrogens is 287 g/mol. The van der Waals surface area contributed by atoms with Crippen LogP contribution in [0.2, 0.25) is 0 Å². The van der Waals surface area contributed by atoms with Gasteiger partial charge in [0, 0.05) is 12.3 Å². The smallest absolute Gasteiger partial charge is 0.147 e. The number of hydrogen-bond acceptors (Lipinski definition) is 1. The molecule has 2 nitrogen and oxygen atoms in total. The van der Waals surface area contributed by atoms with Gasteiger partial charge in [-0.15, -0.1) is 11.6 Å². The average molecular weight is 303 g/mol. The highest BCUT2D eigenvalue weighted by Crippen LogP contribution is 2.27. The lowest BCUT2D eigenvalue weighted by Crippen LogP contribution is -2.06. The molecular formula is C17H16ClFN2. The summed E-state index contributed by atoms with van der Waals surface area (Å²) in [6.07, 6.45) is 0.600. The Morgan fingerprint density at radius 1 is 1.19 bits per heavy atom. The number of para-hydroxylation sites is 1. The minimum Gasteiger partial charge on any atom is -0.293 e. The van der Waals surface area contributed by atoms with Gasteiger partial charge in [0.1, 0.15) is 11.6 Å². The minimum absolute atomic E-state index is 0.244. The van der Waals surface area contributed by atoms with E-state index >= 15 is 0 Å². The molecule has 0 fully saturated rings. The van der Waals surface area contributed by atoms with Gasteiger partial charge in [-0.1, -0.05) is 18.2 Å². The minimum atomic E-state index is -0.244. The maximum Gasteiger partial charge on any atom is 0.147 e. The van der Waals surface area contributed by atoms with E-state index in [0.717, 1.165) is 28.0 Å². The van der Waals surface area contributed by atoms with E-state index in [1.165, 1.54) is 6.07 Å². The van der Waals surface area contributed by atoms with E-state index in [4.69, 9.17) is 11.6 Å². The van der Waals surface area contributed by atoms with Gasteiger partial charge in [-0.05, 0) is 43.2 Å². The van der Waals surface area contributed by atoms with Crippen LogP contribution in [-0.2, 0) is 6.42 Å². The Labute approximate surface area is 128 Å². The van der Waals surface area contributed by atoms with Crippen LogP contribution in [0.1, 0.15) is 17.0 Å². The highest BCUT2D eigenvalue weighted by molar-refractivity contribution is 6.17. The highest BCUT2D eigenvalue weighted by Gasteiger charge is 2.16. The lowest BCUT2D eigenvalue weighted by molar-refractivity contribution is 0.615. The van der Waals surface area contributed by atoms with Gasteiger partial charge >= 0.3 is 0 Å². The second kappa shape index (κ2) is 5.49. The zero-order chi connectivity index (χ0) is 15.0. The second-order valence-corrected chi connectivity index (χ2v) is 5.58. The number of fused-ring (bicyclic) bond motifs is 1. The summed E-state index contributed by atoms with van der Waals surface area (Å²) in [5.41, 5.74) is 4.35. The molecule has 4 heteroatoms. The lowest BCUT2D eigenvalue weighted by Gasteiger charge is -2.13. The fourth-order valence-electron chi connectivity index (χ4n) is 2.64. The standard InChI is InChI=1S/C17H16ClFN2/c1-11-6-7-14-15(10-11)21(16(20-14)8-9-18)17-12(2)4-3-5-13(17)19/h3-7,10H,8-9H2,1-2H3. The summed E-state index contributed by atoms with van der Waals surface area (Å²) in [6.45, 7) is 3.93. The molecule has 0 saturated heterocycles. The van der Waals surface area contributed by atoms with Crippen LogP contribution in [-0.4, -0.2) is 15.4 Å². The Morgan fingerprint density at radius 2 is 2.00 bits per heavy atom. The van der Waals surface area contributed by atoms with Crippen molar-refractivity contribution in [1.82, 2.24) is 9.55 Å². The molecule has 0 radical (unpaired) electrons. The lowest BCUT2D eigenvalue weighted by atomic mass is 10.1. The van der Waals surface area contributed by atoms with Crippen LogP contribution in [0.25, 0.3) is 16.7 Å². The van der Waals surface area contributed by atoms with Crippen molar-refractivity contribution in [3.05, 3.63) is 59.2 Å². The van der Waals surface area contributed by atoms with Crippen molar-refractivity contribution in [2.45, 2.75) is 20.3 Å². The normalized spacial score (nSPS) is 11.2. The third kappa shape index (κ3) is 2.42. The molecule has 0 unspecified atom stereocenters. The van der Waals surface area contributed by atoms with E-state index in [0.29, 0.717) is 18.0 Å². The predicted molar refractivity (Wildman–Crippen MR) is 84.9 cm³/mol. The van der Waals surface area contributed by atoms with Gasteiger partial charge in [0.25, 0.3) is 0 Å². The van der Waals surface area contributed by atoms with Crippen LogP contribution in [0.15, 0.2) is 36.4 Å². The summed E-state index contributed by atoms with van der Waals surface area (Å²) < 4.78 is 16.3. The SMILES string of the molecule is Cc1ccc2nc(CCCl)n(-c3c(C)cccc3F)c2c1. The van der Waals surface area contributed by atoms with Crippen LogP contribution >= 0.6 is 11.6 Å². The van der Waals surface area contributed by atoms with E-state index in [1.54, 1.807) is 6.07 Å². The number of rotatable bonds is 3. The molecule has 2 aromatic carbocycles. The summed E-state index contributed by atoms with van der Waals surface area (Å²) in [5.74, 6) is 1.00. The molecule has 0 aliphatic heterocycles. The van der Waals surface area contributed by atoms with Gasteiger partial charge in [0.05, 0.1) is 16.7 Å². The van der Waals surface area contributed by atoms with E-state index < -0.39 is 0 Å². The Morgan fingerprint density at radius 3 is 2.71 bits per heavy atom. The van der Waals surface area contributed by atoms with Crippen LogP contribution in [0.4, 0.5) is 4.39 Å². The zero-order valence-electron chi connectivity index (χ0n) is 12.0. The first-order chi connectivity index (χ1) is 10.1. The molecule has 1 aromatic heterocycles. The van der Waals surface area contributed by atoms with Crippen LogP contribution in [0, 0.1) is 19.7 Å². The van der Waals surface area contributed by atoms with Gasteiger partial charge in [0.15, 0.2) is 0 Å². The summed E-state index contributed by atoms with van der Waals surface area (Å²) in [6, 6.07) is 11.1. The van der Waals surface area contributed by atoms with E-state index in [9.17, 15) is 4.39 Å². The quantitative estimate of drug-likeness (QED) is 0.648. The molecule has 0 aliphatic carbocycles. The number of halogens is 2. The molecule has 0 spiro atoms. The van der Waals surface area contributed by atoms with Crippen molar-refractivity contribution >= 4 is 22.6 Å². The zero-order valence-corrected chi connectivity index (χ0v) is 12.8. The van der Waals surface area contributed by atoms with Crippen molar-refractivity contribution in [3.63, 3.8) is 0 Å². The van der Waals surface area contributed by atoms with E-state index in [1.807, 2.05) is 42.7 Å². The van der Waals surface area contributed by atoms with Crippen LogP contribution < -0.4 is 0 Å². The number of aryl methyl sites for hydroxylation is 3. The summed E-state index contributed by atoms with van der Waals surface area (Å²) >= 11 is 5.89. The van der Waals surface area contributed by atoms with Gasteiger partial charge in [-0.3, -0.25) is 4.57 Å². The van der Waals surface area contributed by atoms with Gasteiger partial charge in [0.2, 0.25) is 0 Å². The molecule has 21 heavy (non-hydrogen) atoms. The monoisotopic (exact) mass is 302 g/mol. The molecule has 3 aromatic rings. The summed E-state index contributed by atoms with van der Waals surface area (Å²) in [7, 11) is 0.